The Labute approximate surface area is 170 Å². The van der Waals surface area contributed by atoms with Gasteiger partial charge in [0.1, 0.15) is 5.60 Å². The first-order chi connectivity index (χ1) is 13.1. The number of hydrogen-bond donors (Lipinski definition) is 0. The van der Waals surface area contributed by atoms with Crippen LogP contribution in [0, 0.1) is 40.4 Å². The average Bonchev–Trinajstić information content (AvgIpc) is 2.97. The van der Waals surface area contributed by atoms with Gasteiger partial charge in [0, 0.05) is 0 Å². The highest BCUT2D eigenvalue weighted by molar-refractivity contribution is 5.88. The van der Waals surface area contributed by atoms with Gasteiger partial charge in [-0.2, -0.15) is 0 Å². The maximum Gasteiger partial charge on any atom is 0.336 e. The van der Waals surface area contributed by atoms with Crippen LogP contribution >= 0.6 is 0 Å². The Kier molecular flexibility index (Phi) is 4.17. The van der Waals surface area contributed by atoms with E-state index in [9.17, 15) is 4.79 Å². The molecule has 0 aromatic rings. The summed E-state index contributed by atoms with van der Waals surface area (Å²) in [4.78, 5) is 12.9. The zero-order chi connectivity index (χ0) is 19.9. The summed E-state index contributed by atoms with van der Waals surface area (Å²) in [5.41, 5.74) is 0.760. The normalized spacial score (nSPS) is 50.1. The zero-order valence-electron chi connectivity index (χ0n) is 18.3. The number of rotatable bonds is 5. The van der Waals surface area contributed by atoms with Crippen LogP contribution in [0.25, 0.3) is 0 Å². The Balaban J connectivity index is 1.20. The fourth-order valence-electron chi connectivity index (χ4n) is 8.20. The quantitative estimate of drug-likeness (QED) is 0.460. The van der Waals surface area contributed by atoms with Gasteiger partial charge in [0.05, 0.1) is 18.3 Å². The first kappa shape index (κ1) is 19.2. The van der Waals surface area contributed by atoms with Crippen molar-refractivity contribution in [2.24, 2.45) is 40.4 Å². The van der Waals surface area contributed by atoms with Gasteiger partial charge in [-0.05, 0) is 98.7 Å². The molecular weight excluding hydrogens is 348 g/mol. The van der Waals surface area contributed by atoms with E-state index in [2.05, 4.69) is 34.3 Å². The van der Waals surface area contributed by atoms with E-state index in [-0.39, 0.29) is 23.1 Å². The molecule has 0 amide bonds. The lowest BCUT2D eigenvalue weighted by Gasteiger charge is -2.59. The van der Waals surface area contributed by atoms with Crippen molar-refractivity contribution < 1.29 is 14.3 Å². The van der Waals surface area contributed by atoms with Gasteiger partial charge in [0.2, 0.25) is 0 Å². The van der Waals surface area contributed by atoms with Crippen molar-refractivity contribution in [1.82, 2.24) is 0 Å². The third kappa shape index (κ3) is 2.53. The third-order valence-electron chi connectivity index (χ3n) is 10.5. The van der Waals surface area contributed by atoms with Crippen LogP contribution in [-0.2, 0) is 14.3 Å². The maximum absolute atomic E-state index is 12.9. The smallest absolute Gasteiger partial charge is 0.336 e. The predicted octanol–water partition coefficient (Wildman–Crippen LogP) is 5.53. The highest BCUT2D eigenvalue weighted by Crippen LogP contribution is 2.66. The SMILES string of the molecule is C=C(COC1CC2CCC1(C)C2(C)C)C(=O)OC1(C)C2CC3CC(C2)CC1C3. The molecular formula is C25H38O3. The summed E-state index contributed by atoms with van der Waals surface area (Å²) in [6.07, 6.45) is 10.3. The minimum atomic E-state index is -0.284. The van der Waals surface area contributed by atoms with E-state index in [4.69, 9.17) is 9.47 Å². The van der Waals surface area contributed by atoms with E-state index in [0.29, 0.717) is 29.4 Å². The first-order valence-electron chi connectivity index (χ1n) is 11.7. The first-order valence-corrected chi connectivity index (χ1v) is 11.7. The number of carbonyl (C=O) groups excluding carboxylic acids is 1. The molecule has 0 heterocycles. The molecule has 156 valence electrons. The fraction of sp³-hybridized carbons (Fsp3) is 0.880. The van der Waals surface area contributed by atoms with E-state index in [0.717, 1.165) is 24.2 Å². The number of esters is 1. The van der Waals surface area contributed by atoms with Crippen LogP contribution in [0.2, 0.25) is 0 Å². The lowest BCUT2D eigenvalue weighted by molar-refractivity contribution is -0.200. The molecule has 0 aromatic heterocycles. The van der Waals surface area contributed by atoms with Crippen LogP contribution in [0.5, 0.6) is 0 Å². The zero-order valence-corrected chi connectivity index (χ0v) is 18.3. The van der Waals surface area contributed by atoms with Gasteiger partial charge in [-0.3, -0.25) is 0 Å². The molecule has 6 aliphatic carbocycles. The molecule has 6 rings (SSSR count). The Morgan fingerprint density at radius 3 is 2.04 bits per heavy atom. The molecule has 0 radical (unpaired) electrons. The second-order valence-corrected chi connectivity index (χ2v) is 11.9. The molecule has 3 unspecified atom stereocenters. The van der Waals surface area contributed by atoms with Gasteiger partial charge in [0.25, 0.3) is 0 Å². The van der Waals surface area contributed by atoms with Crippen molar-refractivity contribution in [3.05, 3.63) is 12.2 Å². The van der Waals surface area contributed by atoms with Gasteiger partial charge in [-0.25, -0.2) is 4.79 Å². The maximum atomic E-state index is 12.9. The van der Waals surface area contributed by atoms with E-state index < -0.39 is 0 Å². The largest absolute Gasteiger partial charge is 0.455 e. The van der Waals surface area contributed by atoms with Gasteiger partial charge in [-0.15, -0.1) is 0 Å². The summed E-state index contributed by atoms with van der Waals surface area (Å²) in [5.74, 6) is 3.38. The minimum Gasteiger partial charge on any atom is -0.455 e. The molecule has 28 heavy (non-hydrogen) atoms. The van der Waals surface area contributed by atoms with Gasteiger partial charge < -0.3 is 9.47 Å². The highest BCUT2D eigenvalue weighted by atomic mass is 16.6. The number of hydrogen-bond acceptors (Lipinski definition) is 3. The molecule has 3 nitrogen and oxygen atoms in total. The summed E-state index contributed by atoms with van der Waals surface area (Å²) in [7, 11) is 0. The summed E-state index contributed by atoms with van der Waals surface area (Å²) >= 11 is 0. The summed E-state index contributed by atoms with van der Waals surface area (Å²) < 4.78 is 12.5. The molecule has 0 aliphatic heterocycles. The molecule has 6 bridgehead atoms. The molecule has 0 N–H and O–H groups in total. The molecule has 6 fully saturated rings. The summed E-state index contributed by atoms with van der Waals surface area (Å²) in [5, 5.41) is 0. The van der Waals surface area contributed by atoms with Gasteiger partial charge in [0.15, 0.2) is 0 Å². The minimum absolute atomic E-state index is 0.218. The monoisotopic (exact) mass is 386 g/mol. The van der Waals surface area contributed by atoms with Crippen molar-refractivity contribution in [3.8, 4) is 0 Å². The number of ether oxygens (including phenoxy) is 2. The molecule has 6 saturated carbocycles. The third-order valence-corrected chi connectivity index (χ3v) is 10.5. The van der Waals surface area contributed by atoms with Crippen LogP contribution in [0.3, 0.4) is 0 Å². The van der Waals surface area contributed by atoms with E-state index in [1.165, 1.54) is 44.9 Å². The van der Waals surface area contributed by atoms with Gasteiger partial charge >= 0.3 is 5.97 Å². The Hall–Kier alpha value is -0.830. The van der Waals surface area contributed by atoms with E-state index >= 15 is 0 Å². The number of fused-ring (bicyclic) bond motifs is 2. The van der Waals surface area contributed by atoms with Crippen LogP contribution in [0.4, 0.5) is 0 Å². The van der Waals surface area contributed by atoms with Crippen LogP contribution in [0.15, 0.2) is 12.2 Å². The lowest BCUT2D eigenvalue weighted by atomic mass is 9.50. The van der Waals surface area contributed by atoms with Crippen LogP contribution in [-0.4, -0.2) is 24.3 Å². The van der Waals surface area contributed by atoms with Crippen molar-refractivity contribution >= 4 is 5.97 Å². The summed E-state index contributed by atoms with van der Waals surface area (Å²) in [6, 6.07) is 0. The van der Waals surface area contributed by atoms with Crippen molar-refractivity contribution in [1.29, 1.82) is 0 Å². The van der Waals surface area contributed by atoms with Crippen LogP contribution < -0.4 is 0 Å². The lowest BCUT2D eigenvalue weighted by Crippen LogP contribution is -2.58. The standard InChI is InChI=1S/C25H38O3/c1-15(14-27-21-13-18-6-7-24(21,4)23(18,2)3)22(26)28-25(5)19-9-16-8-17(11-19)12-20(25)10-16/h16-21H,1,6-14H2,2-5H3. The molecule has 3 atom stereocenters. The fourth-order valence-corrected chi connectivity index (χ4v) is 8.20. The highest BCUT2D eigenvalue weighted by Gasteiger charge is 2.62. The van der Waals surface area contributed by atoms with E-state index in [1.807, 2.05) is 0 Å². The van der Waals surface area contributed by atoms with Crippen molar-refractivity contribution in [3.63, 3.8) is 0 Å². The Morgan fingerprint density at radius 1 is 0.929 bits per heavy atom. The predicted molar refractivity (Wildman–Crippen MR) is 110 cm³/mol. The molecule has 0 spiro atoms. The van der Waals surface area contributed by atoms with Crippen molar-refractivity contribution in [2.45, 2.75) is 90.8 Å². The second kappa shape index (κ2) is 6.09. The molecule has 0 saturated heterocycles. The number of carbonyl (C=O) groups is 1. The second-order valence-electron chi connectivity index (χ2n) is 11.9. The van der Waals surface area contributed by atoms with Gasteiger partial charge in [-0.1, -0.05) is 27.4 Å². The Morgan fingerprint density at radius 2 is 1.54 bits per heavy atom. The average molecular weight is 387 g/mol. The molecule has 3 heteroatoms. The summed E-state index contributed by atoms with van der Waals surface area (Å²) in [6.45, 7) is 13.7. The van der Waals surface area contributed by atoms with Crippen LogP contribution in [0.1, 0.15) is 79.1 Å². The molecule has 0 aromatic carbocycles. The Bertz CT molecular complexity index is 664. The van der Waals surface area contributed by atoms with E-state index in [1.54, 1.807) is 0 Å². The molecule has 6 aliphatic rings. The van der Waals surface area contributed by atoms with Crippen molar-refractivity contribution in [2.75, 3.05) is 6.61 Å². The topological polar surface area (TPSA) is 35.5 Å².